The van der Waals surface area contributed by atoms with Crippen LogP contribution in [0.4, 0.5) is 5.69 Å². The molecule has 0 bridgehead atoms. The van der Waals surface area contributed by atoms with Gasteiger partial charge in [-0.2, -0.15) is 0 Å². The Kier molecular flexibility index (Phi) is 5.33. The second-order valence-corrected chi connectivity index (χ2v) is 5.02. The van der Waals surface area contributed by atoms with Gasteiger partial charge in [-0.3, -0.25) is 4.79 Å². The highest BCUT2D eigenvalue weighted by atomic mass is 16.7. The standard InChI is InChI=1S/C14H19NO7/c1-7(17)15-8-2-4-9(5-3-8)21-14-13(20)12(19)11(18)10(6-16)22-14/h2-5,10-14,16,18-20H,6H2,1H3,(H,15,17)/t10?,11?,12?,13?,14-/m0/s1. The monoisotopic (exact) mass is 313 g/mol. The van der Waals surface area contributed by atoms with Crippen LogP contribution in [-0.4, -0.2) is 63.6 Å². The summed E-state index contributed by atoms with van der Waals surface area (Å²) in [4.78, 5) is 10.9. The molecule has 0 aromatic heterocycles. The van der Waals surface area contributed by atoms with Gasteiger partial charge in [0, 0.05) is 12.6 Å². The van der Waals surface area contributed by atoms with Gasteiger partial charge in [0.15, 0.2) is 0 Å². The number of hydrogen-bond donors (Lipinski definition) is 5. The predicted molar refractivity (Wildman–Crippen MR) is 75.1 cm³/mol. The molecule has 4 unspecified atom stereocenters. The Morgan fingerprint density at radius 3 is 2.36 bits per heavy atom. The Morgan fingerprint density at radius 1 is 1.18 bits per heavy atom. The Bertz CT molecular complexity index is 504. The van der Waals surface area contributed by atoms with Crippen molar-refractivity contribution in [3.63, 3.8) is 0 Å². The molecule has 1 fully saturated rings. The van der Waals surface area contributed by atoms with Gasteiger partial charge in [0.1, 0.15) is 30.2 Å². The maximum absolute atomic E-state index is 10.9. The van der Waals surface area contributed by atoms with Crippen molar-refractivity contribution in [3.8, 4) is 5.75 Å². The van der Waals surface area contributed by atoms with Gasteiger partial charge in [0.2, 0.25) is 12.2 Å². The van der Waals surface area contributed by atoms with Crippen LogP contribution in [0.15, 0.2) is 24.3 Å². The smallest absolute Gasteiger partial charge is 0.229 e. The fourth-order valence-corrected chi connectivity index (χ4v) is 2.12. The summed E-state index contributed by atoms with van der Waals surface area (Å²) in [6.07, 6.45) is -6.64. The van der Waals surface area contributed by atoms with E-state index in [1.165, 1.54) is 6.92 Å². The van der Waals surface area contributed by atoms with E-state index in [4.69, 9.17) is 14.6 Å². The molecule has 0 saturated carbocycles. The molecule has 22 heavy (non-hydrogen) atoms. The SMILES string of the molecule is CC(=O)Nc1ccc(O[C@H]2OC(CO)C(O)C(O)C2O)cc1. The number of carbonyl (C=O) groups excluding carboxylic acids is 1. The molecule has 1 aliphatic heterocycles. The van der Waals surface area contributed by atoms with Crippen molar-refractivity contribution in [1.82, 2.24) is 0 Å². The molecule has 1 heterocycles. The summed E-state index contributed by atoms with van der Waals surface area (Å²) in [7, 11) is 0. The van der Waals surface area contributed by atoms with Gasteiger partial charge in [0.05, 0.1) is 6.61 Å². The number of nitrogens with one attached hydrogen (secondary N) is 1. The molecular formula is C14H19NO7. The topological polar surface area (TPSA) is 128 Å². The fourth-order valence-electron chi connectivity index (χ4n) is 2.12. The minimum atomic E-state index is -1.49. The summed E-state index contributed by atoms with van der Waals surface area (Å²) in [6.45, 7) is 0.866. The molecule has 8 heteroatoms. The van der Waals surface area contributed by atoms with E-state index in [0.29, 0.717) is 11.4 Å². The minimum Gasteiger partial charge on any atom is -0.462 e. The third kappa shape index (κ3) is 3.73. The summed E-state index contributed by atoms with van der Waals surface area (Å²) < 4.78 is 10.6. The second-order valence-electron chi connectivity index (χ2n) is 5.02. The predicted octanol–water partition coefficient (Wildman–Crippen LogP) is -1.18. The van der Waals surface area contributed by atoms with Crippen molar-refractivity contribution >= 4 is 11.6 Å². The van der Waals surface area contributed by atoms with Gasteiger partial charge in [-0.05, 0) is 24.3 Å². The van der Waals surface area contributed by atoms with E-state index < -0.39 is 37.3 Å². The van der Waals surface area contributed by atoms with Crippen LogP contribution in [0, 0.1) is 0 Å². The summed E-state index contributed by atoms with van der Waals surface area (Å²) in [5.74, 6) is 0.126. The molecule has 1 aliphatic rings. The zero-order valence-corrected chi connectivity index (χ0v) is 11.9. The zero-order valence-electron chi connectivity index (χ0n) is 11.9. The molecule has 5 N–H and O–H groups in total. The normalized spacial score (nSPS) is 31.6. The lowest BCUT2D eigenvalue weighted by Crippen LogP contribution is -2.60. The zero-order chi connectivity index (χ0) is 16.3. The van der Waals surface area contributed by atoms with E-state index in [2.05, 4.69) is 5.32 Å². The van der Waals surface area contributed by atoms with Crippen LogP contribution in [0.5, 0.6) is 5.75 Å². The molecule has 0 aliphatic carbocycles. The molecule has 122 valence electrons. The van der Waals surface area contributed by atoms with Gasteiger partial charge < -0.3 is 35.2 Å². The number of carbonyl (C=O) groups is 1. The highest BCUT2D eigenvalue weighted by Crippen LogP contribution is 2.25. The Balaban J connectivity index is 2.04. The lowest BCUT2D eigenvalue weighted by molar-refractivity contribution is -0.277. The van der Waals surface area contributed by atoms with E-state index in [1.54, 1.807) is 24.3 Å². The quantitative estimate of drug-likeness (QED) is 0.473. The van der Waals surface area contributed by atoms with Crippen molar-refractivity contribution in [1.29, 1.82) is 0 Å². The molecule has 1 aromatic rings. The molecule has 5 atom stereocenters. The molecular weight excluding hydrogens is 294 g/mol. The van der Waals surface area contributed by atoms with E-state index in [9.17, 15) is 20.1 Å². The van der Waals surface area contributed by atoms with E-state index in [1.807, 2.05) is 0 Å². The summed E-state index contributed by atoms with van der Waals surface area (Å²) >= 11 is 0. The average Bonchev–Trinajstić information content (AvgIpc) is 2.49. The average molecular weight is 313 g/mol. The number of hydrogen-bond acceptors (Lipinski definition) is 7. The number of ether oxygens (including phenoxy) is 2. The molecule has 1 amide bonds. The van der Waals surface area contributed by atoms with Gasteiger partial charge in [0.25, 0.3) is 0 Å². The molecule has 1 aromatic carbocycles. The fraction of sp³-hybridized carbons (Fsp3) is 0.500. The highest BCUT2D eigenvalue weighted by molar-refractivity contribution is 5.88. The molecule has 0 spiro atoms. The Labute approximate surface area is 126 Å². The number of benzene rings is 1. The van der Waals surface area contributed by atoms with Crippen molar-refractivity contribution in [2.45, 2.75) is 37.6 Å². The third-order valence-electron chi connectivity index (χ3n) is 3.28. The molecule has 0 radical (unpaired) electrons. The number of aliphatic hydroxyl groups is 4. The number of rotatable bonds is 4. The largest absolute Gasteiger partial charge is 0.462 e. The van der Waals surface area contributed by atoms with Gasteiger partial charge in [-0.25, -0.2) is 0 Å². The van der Waals surface area contributed by atoms with Crippen LogP contribution in [0.2, 0.25) is 0 Å². The number of aliphatic hydroxyl groups excluding tert-OH is 4. The van der Waals surface area contributed by atoms with Crippen LogP contribution in [0.1, 0.15) is 6.92 Å². The van der Waals surface area contributed by atoms with Crippen molar-refractivity contribution in [2.75, 3.05) is 11.9 Å². The first-order valence-corrected chi connectivity index (χ1v) is 6.77. The van der Waals surface area contributed by atoms with Crippen molar-refractivity contribution in [3.05, 3.63) is 24.3 Å². The second kappa shape index (κ2) is 7.03. The van der Waals surface area contributed by atoms with E-state index in [-0.39, 0.29) is 5.91 Å². The van der Waals surface area contributed by atoms with Crippen LogP contribution in [0.25, 0.3) is 0 Å². The van der Waals surface area contributed by atoms with Crippen molar-refractivity contribution < 1.29 is 34.7 Å². The first-order valence-electron chi connectivity index (χ1n) is 6.77. The third-order valence-corrected chi connectivity index (χ3v) is 3.28. The Hall–Kier alpha value is -1.71. The first kappa shape index (κ1) is 16.7. The lowest BCUT2D eigenvalue weighted by Gasteiger charge is -2.39. The van der Waals surface area contributed by atoms with Crippen LogP contribution < -0.4 is 10.1 Å². The maximum atomic E-state index is 10.9. The van der Waals surface area contributed by atoms with Crippen LogP contribution >= 0.6 is 0 Å². The summed E-state index contributed by atoms with van der Waals surface area (Å²) in [5.41, 5.74) is 0.577. The lowest BCUT2D eigenvalue weighted by atomic mass is 9.99. The molecule has 2 rings (SSSR count). The summed E-state index contributed by atoms with van der Waals surface area (Å²) in [5, 5.41) is 40.9. The molecule has 8 nitrogen and oxygen atoms in total. The number of amides is 1. The Morgan fingerprint density at radius 2 is 1.82 bits per heavy atom. The van der Waals surface area contributed by atoms with Gasteiger partial charge >= 0.3 is 0 Å². The summed E-state index contributed by atoms with van der Waals surface area (Å²) in [6, 6.07) is 6.29. The van der Waals surface area contributed by atoms with E-state index in [0.717, 1.165) is 0 Å². The van der Waals surface area contributed by atoms with Gasteiger partial charge in [-0.15, -0.1) is 0 Å². The minimum absolute atomic E-state index is 0.206. The first-order chi connectivity index (χ1) is 10.4. The van der Waals surface area contributed by atoms with Crippen molar-refractivity contribution in [2.24, 2.45) is 0 Å². The van der Waals surface area contributed by atoms with Gasteiger partial charge in [-0.1, -0.05) is 0 Å². The molecule has 1 saturated heterocycles. The number of anilines is 1. The maximum Gasteiger partial charge on any atom is 0.229 e. The highest BCUT2D eigenvalue weighted by Gasteiger charge is 2.44. The van der Waals surface area contributed by atoms with E-state index >= 15 is 0 Å². The van der Waals surface area contributed by atoms with Crippen LogP contribution in [0.3, 0.4) is 0 Å². The van der Waals surface area contributed by atoms with Crippen LogP contribution in [-0.2, 0) is 9.53 Å².